The van der Waals surface area contributed by atoms with E-state index in [4.69, 9.17) is 5.73 Å². The minimum atomic E-state index is -0.392. The maximum atomic E-state index is 12.3. The fraction of sp³-hybridized carbons (Fsp3) is 0.500. The van der Waals surface area contributed by atoms with Gasteiger partial charge in [0.15, 0.2) is 0 Å². The first-order chi connectivity index (χ1) is 8.18. The summed E-state index contributed by atoms with van der Waals surface area (Å²) in [5.74, 6) is 0.564. The van der Waals surface area contributed by atoms with E-state index in [0.29, 0.717) is 12.4 Å². The quantitative estimate of drug-likeness (QED) is 0.899. The monoisotopic (exact) mass is 297 g/mol. The smallest absolute Gasteiger partial charge is 0.233 e. The third-order valence-electron chi connectivity index (χ3n) is 3.42. The van der Waals surface area contributed by atoms with Gasteiger partial charge in [0.1, 0.15) is 5.82 Å². The molecule has 1 aliphatic carbocycles. The molecule has 1 amide bonds. The zero-order valence-electron chi connectivity index (χ0n) is 9.58. The molecule has 0 spiro atoms. The van der Waals surface area contributed by atoms with Gasteiger partial charge in [0, 0.05) is 12.7 Å². The van der Waals surface area contributed by atoms with Gasteiger partial charge in [-0.25, -0.2) is 4.98 Å². The van der Waals surface area contributed by atoms with E-state index in [0.717, 1.165) is 30.2 Å². The molecular formula is C12H16BrN3O. The Morgan fingerprint density at radius 2 is 2.24 bits per heavy atom. The van der Waals surface area contributed by atoms with Crippen molar-refractivity contribution in [1.29, 1.82) is 0 Å². The van der Waals surface area contributed by atoms with Gasteiger partial charge in [-0.15, -0.1) is 0 Å². The molecule has 0 unspecified atom stereocenters. The largest absolute Gasteiger partial charge is 0.329 e. The van der Waals surface area contributed by atoms with Crippen LogP contribution in [-0.4, -0.2) is 17.4 Å². The molecule has 0 bridgehead atoms. The van der Waals surface area contributed by atoms with Crippen LogP contribution in [0.15, 0.2) is 22.8 Å². The van der Waals surface area contributed by atoms with Crippen LogP contribution in [0.4, 0.5) is 5.82 Å². The molecule has 0 atom stereocenters. The van der Waals surface area contributed by atoms with E-state index < -0.39 is 5.41 Å². The second-order valence-electron chi connectivity index (χ2n) is 4.48. The Morgan fingerprint density at radius 3 is 2.82 bits per heavy atom. The molecule has 92 valence electrons. The second kappa shape index (κ2) is 5.14. The summed E-state index contributed by atoms with van der Waals surface area (Å²) >= 11 is 3.36. The Bertz CT molecular complexity index is 416. The van der Waals surface area contributed by atoms with Crippen molar-refractivity contribution in [2.75, 3.05) is 11.9 Å². The van der Waals surface area contributed by atoms with Crippen molar-refractivity contribution < 1.29 is 4.79 Å². The maximum Gasteiger partial charge on any atom is 0.233 e. The molecular weight excluding hydrogens is 282 g/mol. The Hall–Kier alpha value is -0.940. The highest BCUT2D eigenvalue weighted by molar-refractivity contribution is 9.10. The Labute approximate surface area is 109 Å². The van der Waals surface area contributed by atoms with E-state index in [9.17, 15) is 4.79 Å². The van der Waals surface area contributed by atoms with Crippen LogP contribution in [0.3, 0.4) is 0 Å². The number of pyridine rings is 1. The Morgan fingerprint density at radius 1 is 1.53 bits per heavy atom. The molecule has 1 aromatic heterocycles. The number of nitrogens with zero attached hydrogens (tertiary/aromatic N) is 1. The molecule has 0 saturated heterocycles. The predicted octanol–water partition coefficient (Wildman–Crippen LogP) is 2.30. The second-order valence-corrected chi connectivity index (χ2v) is 5.33. The van der Waals surface area contributed by atoms with Gasteiger partial charge in [0.25, 0.3) is 0 Å². The van der Waals surface area contributed by atoms with Crippen molar-refractivity contribution in [3.63, 3.8) is 0 Å². The molecule has 0 aromatic carbocycles. The number of nitrogens with one attached hydrogen (secondary N) is 1. The number of rotatable bonds is 3. The van der Waals surface area contributed by atoms with Crippen molar-refractivity contribution in [2.45, 2.75) is 25.7 Å². The van der Waals surface area contributed by atoms with Gasteiger partial charge < -0.3 is 11.1 Å². The summed E-state index contributed by atoms with van der Waals surface area (Å²) in [7, 11) is 0. The molecule has 3 N–H and O–H groups in total. The lowest BCUT2D eigenvalue weighted by atomic mass is 9.85. The van der Waals surface area contributed by atoms with Crippen LogP contribution in [0.5, 0.6) is 0 Å². The number of anilines is 1. The lowest BCUT2D eigenvalue weighted by Crippen LogP contribution is -2.40. The summed E-state index contributed by atoms with van der Waals surface area (Å²) in [6, 6.07) is 3.67. The van der Waals surface area contributed by atoms with Crippen LogP contribution in [0, 0.1) is 5.41 Å². The lowest BCUT2D eigenvalue weighted by molar-refractivity contribution is -0.124. The molecule has 2 rings (SSSR count). The van der Waals surface area contributed by atoms with Crippen LogP contribution in [0.25, 0.3) is 0 Å². The van der Waals surface area contributed by atoms with Crippen molar-refractivity contribution in [3.8, 4) is 0 Å². The van der Waals surface area contributed by atoms with Gasteiger partial charge in [-0.3, -0.25) is 4.79 Å². The van der Waals surface area contributed by atoms with Gasteiger partial charge in [-0.1, -0.05) is 12.8 Å². The normalized spacial score (nSPS) is 18.0. The average molecular weight is 298 g/mol. The molecule has 1 aromatic rings. The molecule has 0 aliphatic heterocycles. The zero-order chi connectivity index (χ0) is 12.3. The minimum Gasteiger partial charge on any atom is -0.329 e. The highest BCUT2D eigenvalue weighted by Crippen LogP contribution is 2.38. The molecule has 1 aliphatic rings. The number of aromatic nitrogens is 1. The Kier molecular flexibility index (Phi) is 3.79. The van der Waals surface area contributed by atoms with Gasteiger partial charge in [0.2, 0.25) is 5.91 Å². The van der Waals surface area contributed by atoms with E-state index in [1.165, 1.54) is 0 Å². The van der Waals surface area contributed by atoms with E-state index in [1.807, 2.05) is 12.1 Å². The molecule has 1 fully saturated rings. The number of hydrogen-bond acceptors (Lipinski definition) is 3. The number of nitrogens with two attached hydrogens (primary N) is 1. The van der Waals surface area contributed by atoms with Gasteiger partial charge in [-0.05, 0) is 40.9 Å². The number of carbonyl (C=O) groups excluding carboxylic acids is 1. The molecule has 17 heavy (non-hydrogen) atoms. The summed E-state index contributed by atoms with van der Waals surface area (Å²) in [4.78, 5) is 16.4. The molecule has 1 heterocycles. The fourth-order valence-corrected chi connectivity index (χ4v) is 2.65. The van der Waals surface area contributed by atoms with Gasteiger partial charge in [-0.2, -0.15) is 0 Å². The van der Waals surface area contributed by atoms with Crippen LogP contribution >= 0.6 is 15.9 Å². The molecule has 4 nitrogen and oxygen atoms in total. The molecule has 1 saturated carbocycles. The summed E-state index contributed by atoms with van der Waals surface area (Å²) in [6.07, 6.45) is 5.56. The summed E-state index contributed by atoms with van der Waals surface area (Å²) in [6.45, 7) is 0.406. The maximum absolute atomic E-state index is 12.3. The third-order valence-corrected chi connectivity index (χ3v) is 4.06. The van der Waals surface area contributed by atoms with E-state index in [-0.39, 0.29) is 5.91 Å². The SMILES string of the molecule is NCC1(C(=O)Nc2ncccc2Br)CCCC1. The number of amides is 1. The highest BCUT2D eigenvalue weighted by Gasteiger charge is 2.40. The van der Waals surface area contributed by atoms with Crippen molar-refractivity contribution in [1.82, 2.24) is 4.98 Å². The first kappa shape index (κ1) is 12.5. The van der Waals surface area contributed by atoms with Crippen molar-refractivity contribution >= 4 is 27.7 Å². The summed E-state index contributed by atoms with van der Waals surface area (Å²) in [5, 5.41) is 2.87. The summed E-state index contributed by atoms with van der Waals surface area (Å²) < 4.78 is 0.790. The Balaban J connectivity index is 2.14. The standard InChI is InChI=1S/C12H16BrN3O/c13-9-4-3-7-15-10(9)16-11(17)12(8-14)5-1-2-6-12/h3-4,7H,1-2,5-6,8,14H2,(H,15,16,17). The summed E-state index contributed by atoms with van der Waals surface area (Å²) in [5.41, 5.74) is 5.38. The van der Waals surface area contributed by atoms with Crippen LogP contribution in [0.1, 0.15) is 25.7 Å². The zero-order valence-corrected chi connectivity index (χ0v) is 11.2. The van der Waals surface area contributed by atoms with E-state index >= 15 is 0 Å². The van der Waals surface area contributed by atoms with Crippen LogP contribution in [-0.2, 0) is 4.79 Å². The van der Waals surface area contributed by atoms with Gasteiger partial charge >= 0.3 is 0 Å². The minimum absolute atomic E-state index is 0.00287. The number of hydrogen-bond donors (Lipinski definition) is 2. The highest BCUT2D eigenvalue weighted by atomic mass is 79.9. The van der Waals surface area contributed by atoms with Gasteiger partial charge in [0.05, 0.1) is 9.89 Å². The predicted molar refractivity (Wildman–Crippen MR) is 70.5 cm³/mol. The average Bonchev–Trinajstić information content (AvgIpc) is 2.82. The van der Waals surface area contributed by atoms with Crippen molar-refractivity contribution in [2.24, 2.45) is 11.1 Å². The number of halogens is 1. The van der Waals surface area contributed by atoms with Crippen molar-refractivity contribution in [3.05, 3.63) is 22.8 Å². The molecule has 5 heteroatoms. The van der Waals surface area contributed by atoms with E-state index in [1.54, 1.807) is 6.20 Å². The molecule has 0 radical (unpaired) electrons. The fourth-order valence-electron chi connectivity index (χ4n) is 2.29. The number of carbonyl (C=O) groups is 1. The topological polar surface area (TPSA) is 68.0 Å². The third kappa shape index (κ3) is 2.50. The first-order valence-corrected chi connectivity index (χ1v) is 6.59. The first-order valence-electron chi connectivity index (χ1n) is 5.80. The lowest BCUT2D eigenvalue weighted by Gasteiger charge is -2.25. The van der Waals surface area contributed by atoms with Crippen LogP contribution < -0.4 is 11.1 Å². The van der Waals surface area contributed by atoms with Crippen LogP contribution in [0.2, 0.25) is 0 Å². The van der Waals surface area contributed by atoms with E-state index in [2.05, 4.69) is 26.2 Å².